The number of hydrogen-bond donors (Lipinski definition) is 1. The maximum absolute atomic E-state index is 6.10. The lowest BCUT2D eigenvalue weighted by Gasteiger charge is -2.33. The van der Waals surface area contributed by atoms with Crippen LogP contribution in [0.2, 0.25) is 0 Å². The van der Waals surface area contributed by atoms with Crippen molar-refractivity contribution >= 4 is 23.1 Å². The van der Waals surface area contributed by atoms with E-state index in [-0.39, 0.29) is 0 Å². The summed E-state index contributed by atoms with van der Waals surface area (Å²) in [4.78, 5) is 5.56. The first-order valence-corrected chi connectivity index (χ1v) is 7.83. The molecule has 0 spiro atoms. The number of nitrogens with zero attached hydrogens (tertiary/aromatic N) is 1. The Bertz CT molecular complexity index is 357. The monoisotopic (exact) mass is 254 g/mol. The molecule has 2 unspecified atom stereocenters. The first-order chi connectivity index (χ1) is 7.72. The Labute approximate surface area is 105 Å². The maximum atomic E-state index is 6.10. The van der Waals surface area contributed by atoms with Crippen LogP contribution in [0, 0.1) is 0 Å². The molecule has 1 aromatic heterocycles. The Morgan fingerprint density at radius 3 is 3.00 bits per heavy atom. The van der Waals surface area contributed by atoms with E-state index in [1.807, 2.05) is 23.1 Å². The summed E-state index contributed by atoms with van der Waals surface area (Å²) in [5, 5.41) is 0. The van der Waals surface area contributed by atoms with Crippen LogP contribution in [0.5, 0.6) is 0 Å². The molecule has 4 heteroatoms. The molecule has 2 aliphatic rings. The Morgan fingerprint density at radius 1 is 1.38 bits per heavy atom. The topological polar surface area (TPSA) is 29.3 Å². The molecule has 0 bridgehead atoms. The van der Waals surface area contributed by atoms with Gasteiger partial charge < -0.3 is 10.6 Å². The van der Waals surface area contributed by atoms with Gasteiger partial charge in [-0.25, -0.2) is 0 Å². The third-order valence-electron chi connectivity index (χ3n) is 3.47. The molecule has 0 radical (unpaired) electrons. The molecule has 0 aliphatic carbocycles. The van der Waals surface area contributed by atoms with Crippen molar-refractivity contribution in [1.82, 2.24) is 4.90 Å². The maximum Gasteiger partial charge on any atom is 0.0285 e. The molecule has 2 aliphatic heterocycles. The van der Waals surface area contributed by atoms with E-state index in [4.69, 9.17) is 5.73 Å². The number of likely N-dealkylation sites (N-methyl/N-ethyl adjacent to an activating group) is 1. The van der Waals surface area contributed by atoms with Crippen LogP contribution in [0.3, 0.4) is 0 Å². The smallest absolute Gasteiger partial charge is 0.0285 e. The number of likely N-dealkylation sites (tertiary alicyclic amines) is 1. The summed E-state index contributed by atoms with van der Waals surface area (Å²) in [5.41, 5.74) is 7.69. The predicted molar refractivity (Wildman–Crippen MR) is 72.1 cm³/mol. The van der Waals surface area contributed by atoms with Gasteiger partial charge in [-0.2, -0.15) is 11.8 Å². The largest absolute Gasteiger partial charge is 0.327 e. The average Bonchev–Trinajstić information content (AvgIpc) is 2.74. The fraction of sp³-hybridized carbons (Fsp3) is 0.667. The highest BCUT2D eigenvalue weighted by Gasteiger charge is 2.27. The summed E-state index contributed by atoms with van der Waals surface area (Å²) in [6.07, 6.45) is 1.16. The van der Waals surface area contributed by atoms with Crippen LogP contribution in [0.25, 0.3) is 0 Å². The molecule has 1 saturated heterocycles. The van der Waals surface area contributed by atoms with Crippen molar-refractivity contribution < 1.29 is 0 Å². The number of thioether (sulfide) groups is 1. The molecule has 88 valence electrons. The third-order valence-corrected chi connectivity index (χ3v) is 6.00. The van der Waals surface area contributed by atoms with Gasteiger partial charge in [-0.3, -0.25) is 0 Å². The Morgan fingerprint density at radius 2 is 2.25 bits per heavy atom. The first kappa shape index (κ1) is 11.1. The van der Waals surface area contributed by atoms with Crippen molar-refractivity contribution in [3.8, 4) is 0 Å². The Kier molecular flexibility index (Phi) is 3.00. The van der Waals surface area contributed by atoms with E-state index in [2.05, 4.69) is 18.0 Å². The molecular weight excluding hydrogens is 236 g/mol. The van der Waals surface area contributed by atoms with Crippen molar-refractivity contribution in [3.05, 3.63) is 21.4 Å². The summed E-state index contributed by atoms with van der Waals surface area (Å²) in [6.45, 7) is 2.23. The second-order valence-corrected chi connectivity index (χ2v) is 7.16. The van der Waals surface area contributed by atoms with Gasteiger partial charge in [0.05, 0.1) is 0 Å². The van der Waals surface area contributed by atoms with Gasteiger partial charge in [0.2, 0.25) is 0 Å². The van der Waals surface area contributed by atoms with E-state index in [9.17, 15) is 0 Å². The fourth-order valence-electron chi connectivity index (χ4n) is 2.76. The van der Waals surface area contributed by atoms with Gasteiger partial charge in [0.25, 0.3) is 0 Å². The molecule has 0 saturated carbocycles. The van der Waals surface area contributed by atoms with E-state index in [0.717, 1.165) is 13.0 Å². The van der Waals surface area contributed by atoms with Crippen LogP contribution in [0.1, 0.15) is 27.7 Å². The molecule has 0 amide bonds. The highest BCUT2D eigenvalue weighted by atomic mass is 32.2. The van der Waals surface area contributed by atoms with Crippen LogP contribution in [0.4, 0.5) is 0 Å². The number of hydrogen-bond acceptors (Lipinski definition) is 4. The summed E-state index contributed by atoms with van der Waals surface area (Å²) >= 11 is 4.07. The number of nitrogens with two attached hydrogens (primary N) is 1. The number of fused-ring (bicyclic) bond motifs is 1. The standard InChI is InChI=1S/C12H18N2S2/c1-14-4-8(2-10(13)5-14)11-3-9-6-15-7-12(9)16-11/h3,8,10H,2,4-7,13H2,1H3. The lowest BCUT2D eigenvalue weighted by Crippen LogP contribution is -2.43. The van der Waals surface area contributed by atoms with Crippen LogP contribution < -0.4 is 5.73 Å². The minimum absolute atomic E-state index is 0.357. The second kappa shape index (κ2) is 4.33. The van der Waals surface area contributed by atoms with E-state index in [0.29, 0.717) is 12.0 Å². The molecule has 2 atom stereocenters. The minimum Gasteiger partial charge on any atom is -0.327 e. The molecule has 1 fully saturated rings. The molecule has 1 aromatic rings. The van der Waals surface area contributed by atoms with E-state index in [1.54, 1.807) is 15.3 Å². The van der Waals surface area contributed by atoms with Crippen LogP contribution in [-0.4, -0.2) is 31.1 Å². The second-order valence-electron chi connectivity index (χ2n) is 5.00. The fourth-order valence-corrected chi connectivity index (χ4v) is 5.37. The van der Waals surface area contributed by atoms with Gasteiger partial charge in [0.1, 0.15) is 0 Å². The van der Waals surface area contributed by atoms with Gasteiger partial charge in [0, 0.05) is 46.3 Å². The Hall–Kier alpha value is -0.0300. The number of rotatable bonds is 1. The number of piperidine rings is 1. The summed E-state index contributed by atoms with van der Waals surface area (Å²) in [6, 6.07) is 2.80. The van der Waals surface area contributed by atoms with Crippen LogP contribution in [-0.2, 0) is 11.5 Å². The zero-order valence-electron chi connectivity index (χ0n) is 9.61. The molecule has 2 N–H and O–H groups in total. The lowest BCUT2D eigenvalue weighted by atomic mass is 9.93. The highest BCUT2D eigenvalue weighted by Crippen LogP contribution is 2.40. The van der Waals surface area contributed by atoms with E-state index in [1.165, 1.54) is 18.1 Å². The molecule has 0 aromatic carbocycles. The SMILES string of the molecule is CN1CC(N)CC(c2cc3c(s2)CSC3)C1. The molecule has 3 heterocycles. The van der Waals surface area contributed by atoms with E-state index >= 15 is 0 Å². The third kappa shape index (κ3) is 2.04. The zero-order chi connectivity index (χ0) is 11.1. The van der Waals surface area contributed by atoms with Gasteiger partial charge in [0.15, 0.2) is 0 Å². The summed E-state index contributed by atoms with van der Waals surface area (Å²) in [7, 11) is 2.18. The van der Waals surface area contributed by atoms with Gasteiger partial charge in [-0.1, -0.05) is 0 Å². The predicted octanol–water partition coefficient (Wildman–Crippen LogP) is 2.24. The van der Waals surface area contributed by atoms with Crippen LogP contribution in [0.15, 0.2) is 6.07 Å². The number of thiophene rings is 1. The zero-order valence-corrected chi connectivity index (χ0v) is 11.2. The minimum atomic E-state index is 0.357. The summed E-state index contributed by atoms with van der Waals surface area (Å²) in [5.74, 6) is 3.13. The van der Waals surface area contributed by atoms with Crippen molar-refractivity contribution in [2.75, 3.05) is 20.1 Å². The van der Waals surface area contributed by atoms with Crippen molar-refractivity contribution in [2.45, 2.75) is 29.9 Å². The highest BCUT2D eigenvalue weighted by molar-refractivity contribution is 7.98. The molecule has 3 rings (SSSR count). The Balaban J connectivity index is 1.80. The van der Waals surface area contributed by atoms with Gasteiger partial charge >= 0.3 is 0 Å². The van der Waals surface area contributed by atoms with Gasteiger partial charge in [-0.15, -0.1) is 11.3 Å². The average molecular weight is 254 g/mol. The molecular formula is C12H18N2S2. The van der Waals surface area contributed by atoms with Crippen LogP contribution >= 0.6 is 23.1 Å². The molecule has 2 nitrogen and oxygen atoms in total. The van der Waals surface area contributed by atoms with Crippen molar-refractivity contribution in [1.29, 1.82) is 0 Å². The van der Waals surface area contributed by atoms with E-state index < -0.39 is 0 Å². The molecule has 16 heavy (non-hydrogen) atoms. The normalized spacial score (nSPS) is 30.6. The van der Waals surface area contributed by atoms with Crippen molar-refractivity contribution in [2.24, 2.45) is 5.73 Å². The lowest BCUT2D eigenvalue weighted by molar-refractivity contribution is 0.228. The summed E-state index contributed by atoms with van der Waals surface area (Å²) < 4.78 is 0. The quantitative estimate of drug-likeness (QED) is 0.833. The first-order valence-electron chi connectivity index (χ1n) is 5.85. The van der Waals surface area contributed by atoms with Gasteiger partial charge in [-0.05, 0) is 25.1 Å². The van der Waals surface area contributed by atoms with Crippen molar-refractivity contribution in [3.63, 3.8) is 0 Å².